The van der Waals surface area contributed by atoms with E-state index in [4.69, 9.17) is 5.84 Å². The molecule has 1 aliphatic rings. The molecule has 1 atom stereocenters. The monoisotopic (exact) mass is 290 g/mol. The largest absolute Gasteiger partial charge is 0.306 e. The number of amides is 1. The molecular weight excluding hydrogens is 264 g/mol. The van der Waals surface area contributed by atoms with E-state index in [0.717, 1.165) is 31.5 Å². The lowest BCUT2D eigenvalue weighted by Gasteiger charge is -2.36. The van der Waals surface area contributed by atoms with Crippen molar-refractivity contribution in [3.63, 3.8) is 0 Å². The van der Waals surface area contributed by atoms with Crippen LogP contribution in [0.15, 0.2) is 30.3 Å². The zero-order valence-electron chi connectivity index (χ0n) is 13.0. The number of rotatable bonds is 5. The number of nitrogens with zero attached hydrogens (tertiary/aromatic N) is 2. The summed E-state index contributed by atoms with van der Waals surface area (Å²) in [7, 11) is 4.26. The van der Waals surface area contributed by atoms with Gasteiger partial charge >= 0.3 is 0 Å². The first-order chi connectivity index (χ1) is 10.1. The van der Waals surface area contributed by atoms with Crippen LogP contribution < -0.4 is 11.3 Å². The topological polar surface area (TPSA) is 61.6 Å². The van der Waals surface area contributed by atoms with Gasteiger partial charge in [-0.1, -0.05) is 30.3 Å². The minimum absolute atomic E-state index is 0.124. The summed E-state index contributed by atoms with van der Waals surface area (Å²) in [6.07, 6.45) is 2.30. The van der Waals surface area contributed by atoms with E-state index in [0.29, 0.717) is 12.6 Å². The highest BCUT2D eigenvalue weighted by Crippen LogP contribution is 2.21. The molecular formula is C16H26N4O. The van der Waals surface area contributed by atoms with Gasteiger partial charge in [0.1, 0.15) is 0 Å². The van der Waals surface area contributed by atoms with Gasteiger partial charge in [-0.3, -0.25) is 10.2 Å². The molecule has 5 heteroatoms. The highest BCUT2D eigenvalue weighted by atomic mass is 16.2. The van der Waals surface area contributed by atoms with Crippen molar-refractivity contribution in [3.8, 4) is 0 Å². The van der Waals surface area contributed by atoms with Crippen LogP contribution in [0.5, 0.6) is 0 Å². The van der Waals surface area contributed by atoms with Crippen LogP contribution in [0.3, 0.4) is 0 Å². The lowest BCUT2D eigenvalue weighted by atomic mass is 9.96. The molecule has 116 valence electrons. The number of hydrogen-bond acceptors (Lipinski definition) is 4. The number of likely N-dealkylation sites (N-methyl/N-ethyl adjacent to an activating group) is 1. The molecule has 1 heterocycles. The summed E-state index contributed by atoms with van der Waals surface area (Å²) in [5, 5.41) is 0. The van der Waals surface area contributed by atoms with Crippen LogP contribution in [0.25, 0.3) is 0 Å². The molecule has 2 rings (SSSR count). The summed E-state index contributed by atoms with van der Waals surface area (Å²) in [6, 6.07) is 10.4. The Morgan fingerprint density at radius 1 is 1.38 bits per heavy atom. The Kier molecular flexibility index (Phi) is 5.73. The van der Waals surface area contributed by atoms with Crippen molar-refractivity contribution in [2.75, 3.05) is 33.7 Å². The lowest BCUT2D eigenvalue weighted by Crippen LogP contribution is -2.46. The maximum absolute atomic E-state index is 12.1. The molecule has 0 spiro atoms. The standard InChI is InChI=1S/C16H26N4O/c1-19-10-8-14(9-11-19)20(2)12-15(16(21)18-17)13-6-4-3-5-7-13/h3-7,14-15H,8-12,17H2,1-2H3,(H,18,21). The Bertz CT molecular complexity index is 443. The van der Waals surface area contributed by atoms with Crippen molar-refractivity contribution < 1.29 is 4.79 Å². The van der Waals surface area contributed by atoms with Crippen molar-refractivity contribution in [3.05, 3.63) is 35.9 Å². The Morgan fingerprint density at radius 3 is 2.57 bits per heavy atom. The molecule has 3 N–H and O–H groups in total. The Hall–Kier alpha value is -1.43. The molecule has 0 bridgehead atoms. The molecule has 1 fully saturated rings. The minimum Gasteiger partial charge on any atom is -0.306 e. The zero-order valence-corrected chi connectivity index (χ0v) is 13.0. The molecule has 1 aliphatic heterocycles. The maximum Gasteiger partial charge on any atom is 0.242 e. The van der Waals surface area contributed by atoms with Gasteiger partial charge < -0.3 is 9.80 Å². The first-order valence-electron chi connectivity index (χ1n) is 7.56. The predicted octanol–water partition coefficient (Wildman–Crippen LogP) is 0.786. The molecule has 1 saturated heterocycles. The summed E-state index contributed by atoms with van der Waals surface area (Å²) in [5.41, 5.74) is 3.32. The van der Waals surface area contributed by atoms with Gasteiger partial charge in [-0.2, -0.15) is 0 Å². The van der Waals surface area contributed by atoms with Crippen LogP contribution in [-0.2, 0) is 4.79 Å². The van der Waals surface area contributed by atoms with Crippen LogP contribution in [-0.4, -0.2) is 55.5 Å². The fourth-order valence-electron chi connectivity index (χ4n) is 3.00. The summed E-state index contributed by atoms with van der Waals surface area (Å²) < 4.78 is 0. The first kappa shape index (κ1) is 15.9. The van der Waals surface area contributed by atoms with Crippen LogP contribution in [0.2, 0.25) is 0 Å². The number of benzene rings is 1. The van der Waals surface area contributed by atoms with E-state index in [1.54, 1.807) is 0 Å². The Balaban J connectivity index is 2.03. The average molecular weight is 290 g/mol. The number of carbonyl (C=O) groups excluding carboxylic acids is 1. The zero-order chi connectivity index (χ0) is 15.2. The number of hydrogen-bond donors (Lipinski definition) is 2. The van der Waals surface area contributed by atoms with Gasteiger partial charge in [0.05, 0.1) is 5.92 Å². The van der Waals surface area contributed by atoms with E-state index in [-0.39, 0.29) is 11.8 Å². The van der Waals surface area contributed by atoms with Crippen molar-refractivity contribution in [2.24, 2.45) is 5.84 Å². The highest BCUT2D eigenvalue weighted by Gasteiger charge is 2.26. The number of likely N-dealkylation sites (tertiary alicyclic amines) is 1. The summed E-state index contributed by atoms with van der Waals surface area (Å²) in [6.45, 7) is 2.93. The van der Waals surface area contributed by atoms with Crippen LogP contribution in [0, 0.1) is 0 Å². The normalized spacial score (nSPS) is 18.7. The smallest absolute Gasteiger partial charge is 0.242 e. The second kappa shape index (κ2) is 7.54. The summed E-state index contributed by atoms with van der Waals surface area (Å²) in [5.74, 6) is 5.01. The average Bonchev–Trinajstić information content (AvgIpc) is 2.53. The number of nitrogens with two attached hydrogens (primary N) is 1. The second-order valence-corrected chi connectivity index (χ2v) is 5.95. The van der Waals surface area contributed by atoms with Crippen molar-refractivity contribution in [1.29, 1.82) is 0 Å². The van der Waals surface area contributed by atoms with E-state index in [1.807, 2.05) is 30.3 Å². The van der Waals surface area contributed by atoms with Crippen molar-refractivity contribution in [1.82, 2.24) is 15.2 Å². The fraction of sp³-hybridized carbons (Fsp3) is 0.562. The maximum atomic E-state index is 12.1. The molecule has 21 heavy (non-hydrogen) atoms. The number of hydrazine groups is 1. The number of nitrogens with one attached hydrogen (secondary N) is 1. The summed E-state index contributed by atoms with van der Waals surface area (Å²) in [4.78, 5) is 16.8. The molecule has 1 aromatic carbocycles. The van der Waals surface area contributed by atoms with Gasteiger partial charge in [-0.25, -0.2) is 5.84 Å². The number of carbonyl (C=O) groups is 1. The molecule has 0 aromatic heterocycles. The Labute approximate surface area is 127 Å². The lowest BCUT2D eigenvalue weighted by molar-refractivity contribution is -0.123. The molecule has 5 nitrogen and oxygen atoms in total. The third-order valence-corrected chi connectivity index (χ3v) is 4.44. The Morgan fingerprint density at radius 2 is 2.00 bits per heavy atom. The van der Waals surface area contributed by atoms with E-state index in [9.17, 15) is 4.79 Å². The fourth-order valence-corrected chi connectivity index (χ4v) is 3.00. The second-order valence-electron chi connectivity index (χ2n) is 5.95. The van der Waals surface area contributed by atoms with Gasteiger partial charge in [-0.05, 0) is 45.6 Å². The molecule has 0 saturated carbocycles. The van der Waals surface area contributed by atoms with E-state index < -0.39 is 0 Å². The predicted molar refractivity (Wildman–Crippen MR) is 84.7 cm³/mol. The van der Waals surface area contributed by atoms with Gasteiger partial charge in [0.25, 0.3) is 0 Å². The van der Waals surface area contributed by atoms with E-state index in [2.05, 4.69) is 29.3 Å². The quantitative estimate of drug-likeness (QED) is 0.478. The van der Waals surface area contributed by atoms with Crippen LogP contribution in [0.1, 0.15) is 24.3 Å². The van der Waals surface area contributed by atoms with Gasteiger partial charge in [-0.15, -0.1) is 0 Å². The first-order valence-corrected chi connectivity index (χ1v) is 7.56. The highest BCUT2D eigenvalue weighted by molar-refractivity contribution is 5.83. The summed E-state index contributed by atoms with van der Waals surface area (Å²) >= 11 is 0. The van der Waals surface area contributed by atoms with Gasteiger partial charge in [0.15, 0.2) is 0 Å². The van der Waals surface area contributed by atoms with Crippen molar-refractivity contribution in [2.45, 2.75) is 24.8 Å². The third kappa shape index (κ3) is 4.27. The van der Waals surface area contributed by atoms with Crippen molar-refractivity contribution >= 4 is 5.91 Å². The van der Waals surface area contributed by atoms with E-state index in [1.165, 1.54) is 0 Å². The van der Waals surface area contributed by atoms with Gasteiger partial charge in [0, 0.05) is 12.6 Å². The molecule has 0 aliphatic carbocycles. The molecule has 1 amide bonds. The molecule has 1 aromatic rings. The SMILES string of the molecule is CN1CCC(N(C)CC(C(=O)NN)c2ccccc2)CC1. The van der Waals surface area contributed by atoms with Crippen LogP contribution >= 0.6 is 0 Å². The van der Waals surface area contributed by atoms with E-state index >= 15 is 0 Å². The minimum atomic E-state index is -0.221. The van der Waals surface area contributed by atoms with Crippen LogP contribution in [0.4, 0.5) is 0 Å². The third-order valence-electron chi connectivity index (χ3n) is 4.44. The molecule has 0 radical (unpaired) electrons. The number of piperidine rings is 1. The molecule has 1 unspecified atom stereocenters. The van der Waals surface area contributed by atoms with Gasteiger partial charge in [0.2, 0.25) is 5.91 Å².